The number of carbonyl (C=O) groups is 1. The van der Waals surface area contributed by atoms with Gasteiger partial charge in [0.2, 0.25) is 11.7 Å². The Hall–Kier alpha value is -2.89. The van der Waals surface area contributed by atoms with Crippen LogP contribution in [0, 0.1) is 12.9 Å². The standard InChI is InChI=1S/C15H12FN3O2/c1-8-2-4-9(5-3-8)18-15(20)14-12(17)13-10(21-14)6-7-11(16)19-13/h2-7H,17H2,1H3,(H,18,20). The van der Waals surface area contributed by atoms with E-state index in [9.17, 15) is 9.18 Å². The van der Waals surface area contributed by atoms with Crippen LogP contribution in [-0.2, 0) is 0 Å². The molecule has 5 nitrogen and oxygen atoms in total. The number of furan rings is 1. The first kappa shape index (κ1) is 13.1. The summed E-state index contributed by atoms with van der Waals surface area (Å²) in [6, 6.07) is 9.81. The highest BCUT2D eigenvalue weighted by Crippen LogP contribution is 2.27. The van der Waals surface area contributed by atoms with Crippen LogP contribution in [0.2, 0.25) is 0 Å². The predicted molar refractivity (Wildman–Crippen MR) is 77.5 cm³/mol. The molecule has 2 heterocycles. The first-order valence-electron chi connectivity index (χ1n) is 6.27. The molecule has 3 rings (SSSR count). The van der Waals surface area contributed by atoms with Gasteiger partial charge in [-0.3, -0.25) is 4.79 Å². The first-order chi connectivity index (χ1) is 10.0. The molecule has 106 valence electrons. The summed E-state index contributed by atoms with van der Waals surface area (Å²) in [5, 5.41) is 2.67. The number of benzene rings is 1. The summed E-state index contributed by atoms with van der Waals surface area (Å²) in [5.41, 5.74) is 7.93. The molecule has 0 atom stereocenters. The second-order valence-corrected chi connectivity index (χ2v) is 4.65. The Balaban J connectivity index is 1.94. The first-order valence-corrected chi connectivity index (χ1v) is 6.27. The van der Waals surface area contributed by atoms with Gasteiger partial charge in [-0.1, -0.05) is 17.7 Å². The number of carbonyl (C=O) groups excluding carboxylic acids is 1. The quantitative estimate of drug-likeness (QED) is 0.709. The SMILES string of the molecule is Cc1ccc(NC(=O)c2oc3ccc(F)nc3c2N)cc1. The van der Waals surface area contributed by atoms with Crippen molar-refractivity contribution in [3.63, 3.8) is 0 Å². The molecule has 0 bridgehead atoms. The molecular formula is C15H12FN3O2. The fraction of sp³-hybridized carbons (Fsp3) is 0.0667. The second kappa shape index (κ2) is 4.90. The number of hydrogen-bond donors (Lipinski definition) is 2. The van der Waals surface area contributed by atoms with Gasteiger partial charge in [-0.05, 0) is 31.2 Å². The lowest BCUT2D eigenvalue weighted by atomic mass is 10.2. The van der Waals surface area contributed by atoms with Crippen molar-refractivity contribution in [2.45, 2.75) is 6.92 Å². The Bertz CT molecular complexity index is 825. The molecule has 3 aromatic rings. The molecule has 0 fully saturated rings. The lowest BCUT2D eigenvalue weighted by molar-refractivity contribution is 0.1000. The average molecular weight is 285 g/mol. The van der Waals surface area contributed by atoms with Crippen LogP contribution in [0.3, 0.4) is 0 Å². The molecular weight excluding hydrogens is 273 g/mol. The maximum Gasteiger partial charge on any atom is 0.293 e. The lowest BCUT2D eigenvalue weighted by Crippen LogP contribution is -2.12. The number of pyridine rings is 1. The molecule has 0 saturated heterocycles. The van der Waals surface area contributed by atoms with Crippen molar-refractivity contribution in [3.8, 4) is 0 Å². The summed E-state index contributed by atoms with van der Waals surface area (Å²) in [4.78, 5) is 15.8. The Kier molecular flexibility index (Phi) is 3.06. The number of halogens is 1. The van der Waals surface area contributed by atoms with Gasteiger partial charge in [-0.2, -0.15) is 4.39 Å². The van der Waals surface area contributed by atoms with Gasteiger partial charge in [0.15, 0.2) is 5.58 Å². The molecule has 0 unspecified atom stereocenters. The van der Waals surface area contributed by atoms with Crippen LogP contribution < -0.4 is 11.1 Å². The fourth-order valence-electron chi connectivity index (χ4n) is 1.96. The van der Waals surface area contributed by atoms with Gasteiger partial charge in [0, 0.05) is 5.69 Å². The number of anilines is 2. The van der Waals surface area contributed by atoms with Gasteiger partial charge >= 0.3 is 0 Å². The number of nitrogen functional groups attached to an aromatic ring is 1. The van der Waals surface area contributed by atoms with E-state index in [2.05, 4.69) is 10.3 Å². The lowest BCUT2D eigenvalue weighted by Gasteiger charge is -2.03. The Morgan fingerprint density at radius 2 is 1.95 bits per heavy atom. The molecule has 2 aromatic heterocycles. The van der Waals surface area contributed by atoms with E-state index in [4.69, 9.17) is 10.2 Å². The van der Waals surface area contributed by atoms with Gasteiger partial charge in [-0.15, -0.1) is 0 Å². The van der Waals surface area contributed by atoms with Crippen LogP contribution >= 0.6 is 0 Å². The molecule has 0 saturated carbocycles. The highest BCUT2D eigenvalue weighted by Gasteiger charge is 2.20. The summed E-state index contributed by atoms with van der Waals surface area (Å²) >= 11 is 0. The van der Waals surface area contributed by atoms with E-state index in [1.807, 2.05) is 19.1 Å². The normalized spacial score (nSPS) is 10.8. The topological polar surface area (TPSA) is 81.2 Å². The smallest absolute Gasteiger partial charge is 0.293 e. The molecule has 0 aliphatic heterocycles. The minimum atomic E-state index is -0.680. The zero-order valence-electron chi connectivity index (χ0n) is 11.2. The van der Waals surface area contributed by atoms with Crippen molar-refractivity contribution in [2.24, 2.45) is 0 Å². The van der Waals surface area contributed by atoms with Crippen LogP contribution in [-0.4, -0.2) is 10.9 Å². The Labute approximate surface area is 119 Å². The number of nitrogens with one attached hydrogen (secondary N) is 1. The van der Waals surface area contributed by atoms with Gasteiger partial charge in [0.05, 0.1) is 0 Å². The van der Waals surface area contributed by atoms with Gasteiger partial charge < -0.3 is 15.5 Å². The molecule has 21 heavy (non-hydrogen) atoms. The number of aromatic nitrogens is 1. The molecule has 0 aliphatic rings. The predicted octanol–water partition coefficient (Wildman–Crippen LogP) is 3.11. The zero-order chi connectivity index (χ0) is 15.0. The van der Waals surface area contributed by atoms with E-state index in [-0.39, 0.29) is 22.5 Å². The molecule has 0 spiro atoms. The van der Waals surface area contributed by atoms with Crippen molar-refractivity contribution in [1.29, 1.82) is 0 Å². The summed E-state index contributed by atoms with van der Waals surface area (Å²) in [7, 11) is 0. The summed E-state index contributed by atoms with van der Waals surface area (Å²) in [6.45, 7) is 1.95. The van der Waals surface area contributed by atoms with E-state index >= 15 is 0 Å². The minimum Gasteiger partial charge on any atom is -0.447 e. The van der Waals surface area contributed by atoms with E-state index < -0.39 is 11.9 Å². The van der Waals surface area contributed by atoms with Crippen molar-refractivity contribution < 1.29 is 13.6 Å². The van der Waals surface area contributed by atoms with Crippen molar-refractivity contribution in [3.05, 3.63) is 53.7 Å². The highest BCUT2D eigenvalue weighted by atomic mass is 19.1. The summed E-state index contributed by atoms with van der Waals surface area (Å²) < 4.78 is 18.4. The summed E-state index contributed by atoms with van der Waals surface area (Å²) in [6.07, 6.45) is 0. The maximum atomic E-state index is 13.1. The number of hydrogen-bond acceptors (Lipinski definition) is 4. The van der Waals surface area contributed by atoms with Crippen molar-refractivity contribution in [1.82, 2.24) is 4.98 Å². The number of nitrogens with zero attached hydrogens (tertiary/aromatic N) is 1. The molecule has 6 heteroatoms. The average Bonchev–Trinajstić information content (AvgIpc) is 2.79. The summed E-state index contributed by atoms with van der Waals surface area (Å²) in [5.74, 6) is -1.26. The van der Waals surface area contributed by atoms with Crippen LogP contribution in [0.1, 0.15) is 16.1 Å². The Morgan fingerprint density at radius 3 is 2.67 bits per heavy atom. The van der Waals surface area contributed by atoms with Crippen molar-refractivity contribution in [2.75, 3.05) is 11.1 Å². The maximum absolute atomic E-state index is 13.1. The fourth-order valence-corrected chi connectivity index (χ4v) is 1.96. The zero-order valence-corrected chi connectivity index (χ0v) is 11.2. The number of amides is 1. The van der Waals surface area contributed by atoms with Crippen LogP contribution in [0.15, 0.2) is 40.8 Å². The highest BCUT2D eigenvalue weighted by molar-refractivity contribution is 6.10. The number of rotatable bonds is 2. The molecule has 0 radical (unpaired) electrons. The number of nitrogens with two attached hydrogens (primary N) is 1. The molecule has 3 N–H and O–H groups in total. The van der Waals surface area contributed by atoms with Crippen LogP contribution in [0.25, 0.3) is 11.1 Å². The molecule has 1 amide bonds. The van der Waals surface area contributed by atoms with Crippen LogP contribution in [0.5, 0.6) is 0 Å². The third kappa shape index (κ3) is 2.43. The van der Waals surface area contributed by atoms with Gasteiger partial charge in [-0.25, -0.2) is 4.98 Å². The number of aryl methyl sites for hydroxylation is 1. The van der Waals surface area contributed by atoms with E-state index in [0.29, 0.717) is 5.69 Å². The van der Waals surface area contributed by atoms with Gasteiger partial charge in [0.25, 0.3) is 5.91 Å². The van der Waals surface area contributed by atoms with Crippen molar-refractivity contribution >= 4 is 28.4 Å². The molecule has 0 aliphatic carbocycles. The monoisotopic (exact) mass is 285 g/mol. The number of fused-ring (bicyclic) bond motifs is 1. The minimum absolute atomic E-state index is 0.0223. The van der Waals surface area contributed by atoms with E-state index in [1.54, 1.807) is 12.1 Å². The second-order valence-electron chi connectivity index (χ2n) is 4.65. The molecule has 1 aromatic carbocycles. The Morgan fingerprint density at radius 1 is 1.24 bits per heavy atom. The van der Waals surface area contributed by atoms with E-state index in [1.165, 1.54) is 6.07 Å². The third-order valence-corrected chi connectivity index (χ3v) is 3.05. The third-order valence-electron chi connectivity index (χ3n) is 3.05. The van der Waals surface area contributed by atoms with Gasteiger partial charge in [0.1, 0.15) is 11.2 Å². The largest absolute Gasteiger partial charge is 0.447 e. The van der Waals surface area contributed by atoms with E-state index in [0.717, 1.165) is 11.6 Å². The van der Waals surface area contributed by atoms with Crippen LogP contribution in [0.4, 0.5) is 15.8 Å².